The molecule has 2 aliphatic heterocycles. The molecular weight excluding hydrogens is 727 g/mol. The molecule has 300 valence electrons. The van der Waals surface area contributed by atoms with Gasteiger partial charge >= 0.3 is 5.97 Å². The molecule has 1 aliphatic carbocycles. The fourth-order valence-corrected chi connectivity index (χ4v) is 8.89. The van der Waals surface area contributed by atoms with E-state index in [9.17, 15) is 14.7 Å². The molecule has 1 saturated carbocycles. The van der Waals surface area contributed by atoms with E-state index in [1.54, 1.807) is 6.20 Å². The Kier molecular flexibility index (Phi) is 11.8. The van der Waals surface area contributed by atoms with Crippen LogP contribution in [0.2, 0.25) is 0 Å². The molecule has 0 saturated heterocycles. The zero-order valence-electron chi connectivity index (χ0n) is 33.7. The summed E-state index contributed by atoms with van der Waals surface area (Å²) in [5, 5.41) is 13.3. The van der Waals surface area contributed by atoms with E-state index in [0.29, 0.717) is 37.0 Å². The highest BCUT2D eigenvalue weighted by Gasteiger charge is 2.39. The largest absolute Gasteiger partial charge is 0.493 e. The molecule has 0 unspecified atom stereocenters. The molecule has 0 bridgehead atoms. The van der Waals surface area contributed by atoms with Gasteiger partial charge in [-0.3, -0.25) is 14.7 Å². The first-order valence-corrected chi connectivity index (χ1v) is 20.8. The van der Waals surface area contributed by atoms with Gasteiger partial charge in [0.2, 0.25) is 5.91 Å². The van der Waals surface area contributed by atoms with Gasteiger partial charge in [-0.05, 0) is 120 Å². The number of rotatable bonds is 13. The lowest BCUT2D eigenvalue weighted by Gasteiger charge is -2.42. The second-order valence-corrected chi connectivity index (χ2v) is 16.1. The van der Waals surface area contributed by atoms with E-state index < -0.39 is 18.1 Å². The number of hydrogen-bond acceptors (Lipinski definition) is 7. The second kappa shape index (κ2) is 17.4. The number of nitrogens with zero attached hydrogens (tertiary/aromatic N) is 2. The molecule has 0 radical (unpaired) electrons. The molecule has 1 aromatic heterocycles. The molecular formula is C49H53N3O6. The average molecular weight is 780 g/mol. The number of carboxylic acids is 1. The third kappa shape index (κ3) is 8.60. The summed E-state index contributed by atoms with van der Waals surface area (Å²) in [6, 6.07) is 30.5. The molecule has 8 rings (SSSR count). The van der Waals surface area contributed by atoms with Crippen LogP contribution < -0.4 is 19.5 Å². The van der Waals surface area contributed by atoms with Crippen LogP contribution >= 0.6 is 0 Å². The van der Waals surface area contributed by atoms with Crippen molar-refractivity contribution in [3.05, 3.63) is 142 Å². The smallest absolute Gasteiger partial charge is 0.326 e. The lowest BCUT2D eigenvalue weighted by Crippen LogP contribution is -2.55. The van der Waals surface area contributed by atoms with Crippen molar-refractivity contribution in [3.63, 3.8) is 0 Å². The van der Waals surface area contributed by atoms with Crippen molar-refractivity contribution in [2.24, 2.45) is 5.92 Å². The number of nitrogens with one attached hydrogen (secondary N) is 1. The van der Waals surface area contributed by atoms with Gasteiger partial charge in [-0.25, -0.2) is 4.79 Å². The maximum atomic E-state index is 14.4. The summed E-state index contributed by atoms with van der Waals surface area (Å²) in [5.74, 6) is 1.48. The lowest BCUT2D eigenvalue weighted by molar-refractivity contribution is -0.143. The number of aryl methyl sites for hydroxylation is 1. The standard InChI is InChI=1S/C49H53N3O6/c1-4-43(36-12-6-5-7-13-36)52-28-39-27-46-45(57-30-47(58-46)37-18-20-40(21-19-37)56-29-34-10-8-9-11-34)26-38(39)25-44(52)48(53)51-42(49(54)55)24-33-14-16-35(17-15-33)41-22-23-50-32(3)31(41)2/h5-7,12-23,26-27,34,42-44,47H,4,8-11,24-25,28-30H2,1-3H3,(H,51,53)(H,54,55)/t42-,43-,44-,47+/m0/s1. The molecule has 3 heterocycles. The number of amides is 1. The molecule has 4 aromatic carbocycles. The van der Waals surface area contributed by atoms with Crippen molar-refractivity contribution in [2.45, 2.75) is 96.5 Å². The van der Waals surface area contributed by atoms with Gasteiger partial charge in [0.05, 0.1) is 12.6 Å². The molecule has 9 nitrogen and oxygen atoms in total. The molecule has 1 fully saturated rings. The van der Waals surface area contributed by atoms with Gasteiger partial charge < -0.3 is 24.6 Å². The average Bonchev–Trinajstić information content (AvgIpc) is 3.78. The number of fused-ring (bicyclic) bond motifs is 2. The summed E-state index contributed by atoms with van der Waals surface area (Å²) in [6.07, 6.45) is 7.96. The Morgan fingerprint density at radius 1 is 0.931 bits per heavy atom. The number of pyridine rings is 1. The molecule has 1 amide bonds. The van der Waals surface area contributed by atoms with Crippen molar-refractivity contribution in [1.29, 1.82) is 0 Å². The topological polar surface area (TPSA) is 110 Å². The maximum Gasteiger partial charge on any atom is 0.326 e. The van der Waals surface area contributed by atoms with Gasteiger partial charge in [0, 0.05) is 30.9 Å². The van der Waals surface area contributed by atoms with E-state index in [-0.39, 0.29) is 24.5 Å². The monoisotopic (exact) mass is 779 g/mol. The van der Waals surface area contributed by atoms with Gasteiger partial charge in [0.1, 0.15) is 18.4 Å². The summed E-state index contributed by atoms with van der Waals surface area (Å²) in [4.78, 5) is 33.7. The van der Waals surface area contributed by atoms with E-state index in [1.165, 1.54) is 25.7 Å². The van der Waals surface area contributed by atoms with Crippen LogP contribution in [0, 0.1) is 19.8 Å². The lowest BCUT2D eigenvalue weighted by atomic mass is 9.89. The van der Waals surface area contributed by atoms with Crippen molar-refractivity contribution < 1.29 is 28.9 Å². The van der Waals surface area contributed by atoms with Crippen LogP contribution in [0.15, 0.2) is 103 Å². The molecule has 2 N–H and O–H groups in total. The van der Waals surface area contributed by atoms with E-state index in [1.807, 2.05) is 73.7 Å². The highest BCUT2D eigenvalue weighted by Crippen LogP contribution is 2.43. The molecule has 5 aromatic rings. The number of carboxylic acid groups (broad SMARTS) is 1. The molecule has 4 atom stereocenters. The Bertz CT molecular complexity index is 2220. The van der Waals surface area contributed by atoms with Gasteiger partial charge in [-0.15, -0.1) is 0 Å². The van der Waals surface area contributed by atoms with Crippen LogP contribution in [-0.4, -0.2) is 52.2 Å². The van der Waals surface area contributed by atoms with Crippen molar-refractivity contribution >= 4 is 11.9 Å². The van der Waals surface area contributed by atoms with E-state index in [4.69, 9.17) is 14.2 Å². The number of aromatic nitrogens is 1. The van der Waals surface area contributed by atoms with Crippen molar-refractivity contribution in [2.75, 3.05) is 13.2 Å². The van der Waals surface area contributed by atoms with Gasteiger partial charge in [0.15, 0.2) is 17.6 Å². The zero-order valence-corrected chi connectivity index (χ0v) is 33.7. The van der Waals surface area contributed by atoms with Crippen LogP contribution in [0.4, 0.5) is 0 Å². The van der Waals surface area contributed by atoms with Crippen molar-refractivity contribution in [3.8, 4) is 28.4 Å². The Morgan fingerprint density at radius 3 is 2.40 bits per heavy atom. The highest BCUT2D eigenvalue weighted by atomic mass is 16.6. The Hall–Kier alpha value is -5.67. The van der Waals surface area contributed by atoms with E-state index in [0.717, 1.165) is 69.0 Å². The molecule has 58 heavy (non-hydrogen) atoms. The van der Waals surface area contributed by atoms with Crippen LogP contribution in [0.3, 0.4) is 0 Å². The summed E-state index contributed by atoms with van der Waals surface area (Å²) < 4.78 is 19.0. The predicted octanol–water partition coefficient (Wildman–Crippen LogP) is 9.14. The molecule has 0 spiro atoms. The summed E-state index contributed by atoms with van der Waals surface area (Å²) >= 11 is 0. The third-order valence-electron chi connectivity index (χ3n) is 12.4. The first-order chi connectivity index (χ1) is 28.2. The van der Waals surface area contributed by atoms with Gasteiger partial charge in [0.25, 0.3) is 0 Å². The number of hydrogen-bond donors (Lipinski definition) is 2. The number of benzene rings is 4. The predicted molar refractivity (Wildman–Crippen MR) is 224 cm³/mol. The van der Waals surface area contributed by atoms with Crippen molar-refractivity contribution in [1.82, 2.24) is 15.2 Å². The zero-order chi connectivity index (χ0) is 40.2. The molecule has 9 heteroatoms. The number of ether oxygens (including phenoxy) is 3. The Labute approximate surface area is 341 Å². The molecule has 3 aliphatic rings. The van der Waals surface area contributed by atoms with Gasteiger partial charge in [-0.2, -0.15) is 0 Å². The first kappa shape index (κ1) is 39.2. The SMILES string of the molecule is CC[C@@H](c1ccccc1)N1Cc2cc3c(cc2C[C@H]1C(=O)N[C@@H](Cc1ccc(-c2ccnc(C)c2C)cc1)C(=O)O)OC[C@H](c1ccc(OCC2CCCC2)cc1)O3. The summed E-state index contributed by atoms with van der Waals surface area (Å²) in [5.41, 5.74) is 9.21. The fourth-order valence-electron chi connectivity index (χ4n) is 8.89. The minimum atomic E-state index is -1.10. The minimum absolute atomic E-state index is 0.0726. The maximum absolute atomic E-state index is 14.4. The summed E-state index contributed by atoms with van der Waals surface area (Å²) in [7, 11) is 0. The number of carbonyl (C=O) groups excluding carboxylic acids is 1. The quantitative estimate of drug-likeness (QED) is 0.122. The third-order valence-corrected chi connectivity index (χ3v) is 12.4. The van der Waals surface area contributed by atoms with Crippen LogP contribution in [0.1, 0.15) is 90.2 Å². The number of carbonyl (C=O) groups is 2. The Balaban J connectivity index is 1.00. The first-order valence-electron chi connectivity index (χ1n) is 20.8. The van der Waals surface area contributed by atoms with Crippen LogP contribution in [0.5, 0.6) is 17.2 Å². The van der Waals surface area contributed by atoms with Crippen LogP contribution in [0.25, 0.3) is 11.1 Å². The summed E-state index contributed by atoms with van der Waals surface area (Å²) in [6.45, 7) is 7.78. The number of aliphatic carboxylic acids is 1. The van der Waals surface area contributed by atoms with Gasteiger partial charge in [-0.1, -0.05) is 86.5 Å². The highest BCUT2D eigenvalue weighted by molar-refractivity contribution is 5.87. The van der Waals surface area contributed by atoms with E-state index >= 15 is 0 Å². The van der Waals surface area contributed by atoms with Crippen LogP contribution in [-0.2, 0) is 29.0 Å². The van der Waals surface area contributed by atoms with E-state index in [2.05, 4.69) is 59.4 Å². The normalized spacial score (nSPS) is 18.9. The fraction of sp³-hybridized carbons (Fsp3) is 0.367. The minimum Gasteiger partial charge on any atom is -0.493 e. The second-order valence-electron chi connectivity index (χ2n) is 16.1. The Morgan fingerprint density at radius 2 is 1.67 bits per heavy atom.